The number of rotatable bonds is 4. The van der Waals surface area contributed by atoms with Gasteiger partial charge in [0.05, 0.1) is 0 Å². The quantitative estimate of drug-likeness (QED) is 0.929. The van der Waals surface area contributed by atoms with E-state index >= 15 is 0 Å². The molecule has 0 bridgehead atoms. The minimum absolute atomic E-state index is 0.512. The lowest BCUT2D eigenvalue weighted by Gasteiger charge is -2.33. The predicted octanol–water partition coefficient (Wildman–Crippen LogP) is 3.69. The monoisotopic (exact) mass is 287 g/mol. The topological polar surface area (TPSA) is 28.2 Å². The van der Waals surface area contributed by atoms with Gasteiger partial charge in [-0.2, -0.15) is 0 Å². The minimum Gasteiger partial charge on any atom is -0.370 e. The van der Waals surface area contributed by atoms with Crippen molar-refractivity contribution in [2.24, 2.45) is 0 Å². The summed E-state index contributed by atoms with van der Waals surface area (Å²) in [6.45, 7) is 7.44. The Balaban J connectivity index is 1.69. The van der Waals surface area contributed by atoms with E-state index in [1.807, 2.05) is 17.5 Å². The molecule has 0 amide bonds. The smallest absolute Gasteiger partial charge is 0.125 e. The zero-order chi connectivity index (χ0) is 13.9. The molecular formula is C16H21N3S. The highest BCUT2D eigenvalue weighted by atomic mass is 32.1. The summed E-state index contributed by atoms with van der Waals surface area (Å²) in [6, 6.07) is 7.05. The molecule has 2 aromatic rings. The Hall–Kier alpha value is -1.39. The lowest BCUT2D eigenvalue weighted by molar-refractivity contribution is 0.191. The summed E-state index contributed by atoms with van der Waals surface area (Å²) in [7, 11) is 0. The highest BCUT2D eigenvalue weighted by Crippen LogP contribution is 2.33. The van der Waals surface area contributed by atoms with Crippen LogP contribution in [0.25, 0.3) is 0 Å². The molecule has 0 radical (unpaired) electrons. The van der Waals surface area contributed by atoms with Crippen molar-refractivity contribution < 1.29 is 0 Å². The lowest BCUT2D eigenvalue weighted by atomic mass is 10.0. The summed E-state index contributed by atoms with van der Waals surface area (Å²) < 4.78 is 0. The molecule has 1 unspecified atom stereocenters. The average molecular weight is 287 g/mol. The number of nitrogens with zero attached hydrogens (tertiary/aromatic N) is 2. The van der Waals surface area contributed by atoms with Crippen LogP contribution in [0.3, 0.4) is 0 Å². The largest absolute Gasteiger partial charge is 0.370 e. The van der Waals surface area contributed by atoms with Crippen molar-refractivity contribution >= 4 is 17.2 Å². The second-order valence-corrected chi connectivity index (χ2v) is 6.28. The standard InChI is InChI=1S/C16H21N3S/c1-3-17-16-5-4-13(10-18-16)11-19-8-6-15-14(12(19)2)7-9-20-15/h4-5,7,9-10,12H,3,6,8,11H2,1-2H3,(H,17,18). The van der Waals surface area contributed by atoms with Crippen LogP contribution in [0.5, 0.6) is 0 Å². The molecule has 106 valence electrons. The Labute approximate surface area is 124 Å². The van der Waals surface area contributed by atoms with Crippen molar-refractivity contribution in [3.05, 3.63) is 45.8 Å². The summed E-state index contributed by atoms with van der Waals surface area (Å²) in [5, 5.41) is 5.45. The van der Waals surface area contributed by atoms with E-state index in [1.54, 1.807) is 4.88 Å². The first-order valence-electron chi connectivity index (χ1n) is 7.27. The van der Waals surface area contributed by atoms with Crippen molar-refractivity contribution in [3.8, 4) is 0 Å². The molecule has 20 heavy (non-hydrogen) atoms. The zero-order valence-electron chi connectivity index (χ0n) is 12.1. The fourth-order valence-corrected chi connectivity index (χ4v) is 3.78. The van der Waals surface area contributed by atoms with Crippen molar-refractivity contribution in [1.29, 1.82) is 0 Å². The van der Waals surface area contributed by atoms with E-state index in [2.05, 4.69) is 52.6 Å². The average Bonchev–Trinajstić information content (AvgIpc) is 2.94. The van der Waals surface area contributed by atoms with Crippen LogP contribution in [-0.4, -0.2) is 23.0 Å². The van der Waals surface area contributed by atoms with Crippen LogP contribution in [0.15, 0.2) is 29.8 Å². The maximum Gasteiger partial charge on any atom is 0.125 e. The lowest BCUT2D eigenvalue weighted by Crippen LogP contribution is -2.32. The molecule has 1 aliphatic heterocycles. The van der Waals surface area contributed by atoms with E-state index < -0.39 is 0 Å². The van der Waals surface area contributed by atoms with Gasteiger partial charge >= 0.3 is 0 Å². The van der Waals surface area contributed by atoms with Crippen LogP contribution in [0.2, 0.25) is 0 Å². The number of thiophene rings is 1. The Bertz CT molecular complexity index is 561. The van der Waals surface area contributed by atoms with Crippen molar-refractivity contribution in [2.75, 3.05) is 18.4 Å². The van der Waals surface area contributed by atoms with Gasteiger partial charge in [0.25, 0.3) is 0 Å². The second-order valence-electron chi connectivity index (χ2n) is 5.28. The van der Waals surface area contributed by atoms with Gasteiger partial charge in [-0.1, -0.05) is 6.07 Å². The molecule has 0 aliphatic carbocycles. The first-order chi connectivity index (χ1) is 9.78. The molecular weight excluding hydrogens is 266 g/mol. The summed E-state index contributed by atoms with van der Waals surface area (Å²) in [6.07, 6.45) is 3.17. The van der Waals surface area contributed by atoms with E-state index in [0.717, 1.165) is 25.5 Å². The normalized spacial score (nSPS) is 18.8. The van der Waals surface area contributed by atoms with Gasteiger partial charge in [-0.3, -0.25) is 4.90 Å². The van der Waals surface area contributed by atoms with Gasteiger partial charge in [0.15, 0.2) is 0 Å². The maximum atomic E-state index is 4.46. The summed E-state index contributed by atoms with van der Waals surface area (Å²) in [5.74, 6) is 0.961. The maximum absolute atomic E-state index is 4.46. The number of hydrogen-bond donors (Lipinski definition) is 1. The molecule has 1 aliphatic rings. The molecule has 1 N–H and O–H groups in total. The summed E-state index contributed by atoms with van der Waals surface area (Å²) in [4.78, 5) is 8.56. The number of nitrogens with one attached hydrogen (secondary N) is 1. The summed E-state index contributed by atoms with van der Waals surface area (Å²) >= 11 is 1.90. The molecule has 3 rings (SSSR count). The van der Waals surface area contributed by atoms with Crippen molar-refractivity contribution in [2.45, 2.75) is 32.9 Å². The van der Waals surface area contributed by atoms with Crippen LogP contribution >= 0.6 is 11.3 Å². The van der Waals surface area contributed by atoms with Crippen LogP contribution < -0.4 is 5.32 Å². The Morgan fingerprint density at radius 3 is 3.05 bits per heavy atom. The first-order valence-corrected chi connectivity index (χ1v) is 8.15. The minimum atomic E-state index is 0.512. The van der Waals surface area contributed by atoms with E-state index in [0.29, 0.717) is 6.04 Å². The Kier molecular flexibility index (Phi) is 4.03. The van der Waals surface area contributed by atoms with Gasteiger partial charge in [0, 0.05) is 36.8 Å². The third kappa shape index (κ3) is 2.72. The third-order valence-corrected chi connectivity index (χ3v) is 4.97. The van der Waals surface area contributed by atoms with E-state index in [-0.39, 0.29) is 0 Å². The first kappa shape index (κ1) is 13.6. The molecule has 0 saturated heterocycles. The van der Waals surface area contributed by atoms with Crippen LogP contribution in [0.4, 0.5) is 5.82 Å². The second kappa shape index (κ2) is 5.94. The SMILES string of the molecule is CCNc1ccc(CN2CCc3sccc3C2C)cn1. The number of fused-ring (bicyclic) bond motifs is 1. The van der Waals surface area contributed by atoms with Gasteiger partial charge in [0.2, 0.25) is 0 Å². The fourth-order valence-electron chi connectivity index (χ4n) is 2.82. The van der Waals surface area contributed by atoms with Gasteiger partial charge in [0.1, 0.15) is 5.82 Å². The Morgan fingerprint density at radius 1 is 1.40 bits per heavy atom. The number of pyridine rings is 1. The molecule has 3 nitrogen and oxygen atoms in total. The van der Waals surface area contributed by atoms with E-state index in [9.17, 15) is 0 Å². The van der Waals surface area contributed by atoms with Gasteiger partial charge in [-0.15, -0.1) is 11.3 Å². The third-order valence-electron chi connectivity index (χ3n) is 3.97. The molecule has 0 aromatic carbocycles. The van der Waals surface area contributed by atoms with Gasteiger partial charge < -0.3 is 5.32 Å². The fraction of sp³-hybridized carbons (Fsp3) is 0.438. The van der Waals surface area contributed by atoms with Crippen LogP contribution in [-0.2, 0) is 13.0 Å². The highest BCUT2D eigenvalue weighted by molar-refractivity contribution is 7.10. The number of aromatic nitrogens is 1. The molecule has 0 spiro atoms. The molecule has 0 fully saturated rings. The number of hydrogen-bond acceptors (Lipinski definition) is 4. The van der Waals surface area contributed by atoms with Crippen molar-refractivity contribution in [3.63, 3.8) is 0 Å². The summed E-state index contributed by atoms with van der Waals surface area (Å²) in [5.41, 5.74) is 2.80. The highest BCUT2D eigenvalue weighted by Gasteiger charge is 2.24. The van der Waals surface area contributed by atoms with Crippen molar-refractivity contribution in [1.82, 2.24) is 9.88 Å². The van der Waals surface area contributed by atoms with E-state index in [4.69, 9.17) is 0 Å². The van der Waals surface area contributed by atoms with Crippen LogP contribution in [0, 0.1) is 0 Å². The molecule has 0 saturated carbocycles. The molecule has 2 aromatic heterocycles. The van der Waals surface area contributed by atoms with E-state index in [1.165, 1.54) is 17.5 Å². The zero-order valence-corrected chi connectivity index (χ0v) is 12.9. The van der Waals surface area contributed by atoms with Crippen LogP contribution in [0.1, 0.15) is 35.9 Å². The van der Waals surface area contributed by atoms with Gasteiger partial charge in [-0.25, -0.2) is 4.98 Å². The predicted molar refractivity (Wildman–Crippen MR) is 85.2 cm³/mol. The Morgan fingerprint density at radius 2 is 2.30 bits per heavy atom. The molecule has 3 heterocycles. The number of anilines is 1. The van der Waals surface area contributed by atoms with Gasteiger partial charge in [-0.05, 0) is 48.9 Å². The molecule has 1 atom stereocenters. The molecule has 4 heteroatoms.